The number of nitrogens with one attached hydrogen (secondary N) is 1. The molecule has 0 saturated carbocycles. The van der Waals surface area contributed by atoms with Gasteiger partial charge in [-0.3, -0.25) is 24.6 Å². The molecule has 11 heteroatoms. The Hall–Kier alpha value is -3.44. The van der Waals surface area contributed by atoms with Crippen LogP contribution in [0.15, 0.2) is 41.4 Å². The van der Waals surface area contributed by atoms with Crippen molar-refractivity contribution in [3.05, 3.63) is 57.6 Å². The SMILES string of the molecule is COCCN1C(=O)C(CC(=O)Nc2ccc([N+](=O)[O-])cc2OC)SC1=Nc1ccc(C)c(C)c1. The van der Waals surface area contributed by atoms with E-state index in [9.17, 15) is 19.7 Å². The van der Waals surface area contributed by atoms with Crippen molar-refractivity contribution < 1.29 is 24.0 Å². The summed E-state index contributed by atoms with van der Waals surface area (Å²) in [4.78, 5) is 42.4. The molecule has 2 aromatic rings. The van der Waals surface area contributed by atoms with Crippen molar-refractivity contribution in [2.24, 2.45) is 4.99 Å². The van der Waals surface area contributed by atoms with Crippen LogP contribution in [-0.2, 0) is 14.3 Å². The number of carbonyl (C=O) groups is 2. The van der Waals surface area contributed by atoms with E-state index in [1.54, 1.807) is 7.11 Å². The van der Waals surface area contributed by atoms with E-state index in [1.165, 1.54) is 42.0 Å². The zero-order valence-corrected chi connectivity index (χ0v) is 20.2. The molecule has 1 fully saturated rings. The predicted octanol–water partition coefficient (Wildman–Crippen LogP) is 3.83. The quantitative estimate of drug-likeness (QED) is 0.422. The van der Waals surface area contributed by atoms with E-state index in [0.29, 0.717) is 18.3 Å². The van der Waals surface area contributed by atoms with Crippen molar-refractivity contribution >= 4 is 45.8 Å². The first-order chi connectivity index (χ1) is 16.2. The topological polar surface area (TPSA) is 123 Å². The molecule has 0 bridgehead atoms. The first-order valence-electron chi connectivity index (χ1n) is 10.5. The standard InChI is InChI=1S/C23H26N4O6S/c1-14-5-6-16(11-15(14)2)24-23-26(9-10-32-3)22(29)20(34-23)13-21(28)25-18-8-7-17(27(30)31)12-19(18)33-4/h5-8,11-12,20H,9-10,13H2,1-4H3,(H,25,28). The Kier molecular flexibility index (Phi) is 8.24. The number of methoxy groups -OCH3 is 2. The fourth-order valence-corrected chi connectivity index (χ4v) is 4.47. The maximum absolute atomic E-state index is 13.1. The lowest BCUT2D eigenvalue weighted by Crippen LogP contribution is -2.35. The minimum absolute atomic E-state index is 0.0981. The molecule has 2 aromatic carbocycles. The maximum Gasteiger partial charge on any atom is 0.273 e. The van der Waals surface area contributed by atoms with Crippen LogP contribution in [0.1, 0.15) is 17.5 Å². The zero-order chi connectivity index (χ0) is 24.8. The number of benzene rings is 2. The number of non-ortho nitro benzene ring substituents is 1. The number of hydrogen-bond acceptors (Lipinski definition) is 8. The summed E-state index contributed by atoms with van der Waals surface area (Å²) < 4.78 is 10.3. The Labute approximate surface area is 201 Å². The van der Waals surface area contributed by atoms with E-state index in [-0.39, 0.29) is 29.5 Å². The van der Waals surface area contributed by atoms with Gasteiger partial charge in [0.1, 0.15) is 11.0 Å². The van der Waals surface area contributed by atoms with Gasteiger partial charge in [0, 0.05) is 19.6 Å². The van der Waals surface area contributed by atoms with Gasteiger partial charge >= 0.3 is 0 Å². The Morgan fingerprint density at radius 1 is 1.21 bits per heavy atom. The first-order valence-corrected chi connectivity index (χ1v) is 11.4. The average molecular weight is 487 g/mol. The molecule has 1 aliphatic heterocycles. The van der Waals surface area contributed by atoms with Crippen LogP contribution in [0.25, 0.3) is 0 Å². The van der Waals surface area contributed by atoms with E-state index >= 15 is 0 Å². The average Bonchev–Trinajstić information content (AvgIpc) is 3.08. The molecular formula is C23H26N4O6S. The number of anilines is 1. The van der Waals surface area contributed by atoms with E-state index in [2.05, 4.69) is 10.3 Å². The number of nitro benzene ring substituents is 1. The van der Waals surface area contributed by atoms with Gasteiger partial charge in [-0.25, -0.2) is 4.99 Å². The molecule has 180 valence electrons. The van der Waals surface area contributed by atoms with Crippen molar-refractivity contribution in [1.29, 1.82) is 0 Å². The third-order valence-corrected chi connectivity index (χ3v) is 6.47. The Morgan fingerprint density at radius 2 is 1.97 bits per heavy atom. The highest BCUT2D eigenvalue weighted by atomic mass is 32.2. The normalized spacial score (nSPS) is 16.7. The number of nitrogens with zero attached hydrogens (tertiary/aromatic N) is 3. The number of nitro groups is 1. The highest BCUT2D eigenvalue weighted by Gasteiger charge is 2.39. The van der Waals surface area contributed by atoms with Crippen LogP contribution in [0.3, 0.4) is 0 Å². The van der Waals surface area contributed by atoms with Gasteiger partial charge in [0.15, 0.2) is 5.17 Å². The molecule has 34 heavy (non-hydrogen) atoms. The summed E-state index contributed by atoms with van der Waals surface area (Å²) in [5.41, 5.74) is 3.09. The number of hydrogen-bond donors (Lipinski definition) is 1. The summed E-state index contributed by atoms with van der Waals surface area (Å²) in [6.07, 6.45) is -0.0981. The number of carbonyl (C=O) groups excluding carboxylic acids is 2. The van der Waals surface area contributed by atoms with Crippen LogP contribution in [0.4, 0.5) is 17.1 Å². The van der Waals surface area contributed by atoms with Crippen molar-refractivity contribution in [1.82, 2.24) is 4.90 Å². The van der Waals surface area contributed by atoms with E-state index in [4.69, 9.17) is 9.47 Å². The molecule has 2 amide bonds. The van der Waals surface area contributed by atoms with Gasteiger partial charge in [0.2, 0.25) is 11.8 Å². The van der Waals surface area contributed by atoms with E-state index in [0.717, 1.165) is 16.8 Å². The first kappa shape index (κ1) is 25.2. The smallest absolute Gasteiger partial charge is 0.273 e. The second-order valence-corrected chi connectivity index (χ2v) is 8.82. The van der Waals surface area contributed by atoms with Gasteiger partial charge in [0.05, 0.1) is 42.6 Å². The molecule has 1 unspecified atom stereocenters. The number of amidine groups is 1. The van der Waals surface area contributed by atoms with Gasteiger partial charge in [-0.15, -0.1) is 0 Å². The maximum atomic E-state index is 13.1. The zero-order valence-electron chi connectivity index (χ0n) is 19.4. The van der Waals surface area contributed by atoms with Crippen molar-refractivity contribution in [3.8, 4) is 5.75 Å². The van der Waals surface area contributed by atoms with Crippen LogP contribution >= 0.6 is 11.8 Å². The minimum atomic E-state index is -0.661. The lowest BCUT2D eigenvalue weighted by Gasteiger charge is -2.16. The third-order valence-electron chi connectivity index (χ3n) is 5.30. The lowest BCUT2D eigenvalue weighted by molar-refractivity contribution is -0.384. The summed E-state index contributed by atoms with van der Waals surface area (Å²) in [5.74, 6) is -0.487. The number of ether oxygens (including phenoxy) is 2. The number of aryl methyl sites for hydroxylation is 2. The summed E-state index contributed by atoms with van der Waals surface area (Å²) in [5, 5.41) is 13.5. The summed E-state index contributed by atoms with van der Waals surface area (Å²) in [6, 6.07) is 9.70. The molecular weight excluding hydrogens is 460 g/mol. The number of aliphatic imine (C=N–C) groups is 1. The molecule has 0 aliphatic carbocycles. The molecule has 10 nitrogen and oxygen atoms in total. The van der Waals surface area contributed by atoms with Crippen molar-refractivity contribution in [2.75, 3.05) is 32.7 Å². The van der Waals surface area contributed by atoms with Crippen LogP contribution in [0.5, 0.6) is 5.75 Å². The number of amides is 2. The molecule has 1 N–H and O–H groups in total. The van der Waals surface area contributed by atoms with Crippen LogP contribution in [0, 0.1) is 24.0 Å². The highest BCUT2D eigenvalue weighted by molar-refractivity contribution is 8.15. The summed E-state index contributed by atoms with van der Waals surface area (Å²) >= 11 is 1.23. The molecule has 1 atom stereocenters. The molecule has 0 radical (unpaired) electrons. The highest BCUT2D eigenvalue weighted by Crippen LogP contribution is 2.33. The Balaban J connectivity index is 1.77. The van der Waals surface area contributed by atoms with Gasteiger partial charge in [0.25, 0.3) is 5.69 Å². The molecule has 0 aromatic heterocycles. The second-order valence-electron chi connectivity index (χ2n) is 7.65. The fourth-order valence-electron chi connectivity index (χ4n) is 3.29. The molecule has 1 saturated heterocycles. The van der Waals surface area contributed by atoms with Gasteiger partial charge < -0.3 is 14.8 Å². The Bertz CT molecular complexity index is 1140. The lowest BCUT2D eigenvalue weighted by atomic mass is 10.1. The molecule has 3 rings (SSSR count). The largest absolute Gasteiger partial charge is 0.494 e. The molecule has 0 spiro atoms. The fraction of sp³-hybridized carbons (Fsp3) is 0.348. The monoisotopic (exact) mass is 486 g/mol. The van der Waals surface area contributed by atoms with Gasteiger partial charge in [-0.2, -0.15) is 0 Å². The molecule has 1 heterocycles. The predicted molar refractivity (Wildman–Crippen MR) is 131 cm³/mol. The minimum Gasteiger partial charge on any atom is -0.494 e. The molecule has 1 aliphatic rings. The number of rotatable bonds is 9. The second kappa shape index (κ2) is 11.1. The Morgan fingerprint density at radius 3 is 2.62 bits per heavy atom. The third kappa shape index (κ3) is 5.91. The summed E-state index contributed by atoms with van der Waals surface area (Å²) in [6.45, 7) is 4.66. The van der Waals surface area contributed by atoms with Crippen molar-refractivity contribution in [2.45, 2.75) is 25.5 Å². The van der Waals surface area contributed by atoms with Crippen LogP contribution < -0.4 is 10.1 Å². The van der Waals surface area contributed by atoms with Crippen LogP contribution in [-0.4, -0.2) is 59.4 Å². The van der Waals surface area contributed by atoms with Crippen LogP contribution in [0.2, 0.25) is 0 Å². The van der Waals surface area contributed by atoms with Gasteiger partial charge in [-0.05, 0) is 43.2 Å². The van der Waals surface area contributed by atoms with Gasteiger partial charge in [-0.1, -0.05) is 17.8 Å². The van der Waals surface area contributed by atoms with E-state index in [1.807, 2.05) is 32.0 Å². The number of thioether (sulfide) groups is 1. The summed E-state index contributed by atoms with van der Waals surface area (Å²) in [7, 11) is 2.91. The van der Waals surface area contributed by atoms with Crippen molar-refractivity contribution in [3.63, 3.8) is 0 Å². The van der Waals surface area contributed by atoms with E-state index < -0.39 is 16.1 Å².